The molecule has 0 saturated heterocycles. The fourth-order valence-corrected chi connectivity index (χ4v) is 4.02. The van der Waals surface area contributed by atoms with Crippen LogP contribution in [0, 0.1) is 5.92 Å². The van der Waals surface area contributed by atoms with Crippen LogP contribution < -0.4 is 5.32 Å². The topological polar surface area (TPSA) is 83.6 Å². The molecule has 2 N–H and O–H groups in total. The van der Waals surface area contributed by atoms with Gasteiger partial charge in [-0.05, 0) is 48.9 Å². The average Bonchev–Trinajstić information content (AvgIpc) is 3.22. The van der Waals surface area contributed by atoms with Gasteiger partial charge in [-0.3, -0.25) is 20.2 Å². The van der Waals surface area contributed by atoms with E-state index in [1.54, 1.807) is 17.5 Å². The molecular weight excluding hydrogens is 322 g/mol. The largest absolute Gasteiger partial charge is 0.288 e. The van der Waals surface area contributed by atoms with Crippen LogP contribution in [0.3, 0.4) is 0 Å². The van der Waals surface area contributed by atoms with Crippen LogP contribution in [-0.4, -0.2) is 26.1 Å². The van der Waals surface area contributed by atoms with Crippen LogP contribution in [0.15, 0.2) is 30.5 Å². The molecule has 3 aromatic rings. The van der Waals surface area contributed by atoms with Crippen LogP contribution in [-0.2, 0) is 12.8 Å². The summed E-state index contributed by atoms with van der Waals surface area (Å²) in [6.45, 7) is 2.26. The first-order valence-corrected chi connectivity index (χ1v) is 8.77. The molecule has 122 valence electrons. The summed E-state index contributed by atoms with van der Waals surface area (Å²) in [7, 11) is 0. The number of nitrogens with one attached hydrogen (secondary N) is 2. The van der Waals surface area contributed by atoms with Crippen LogP contribution in [0.1, 0.15) is 33.5 Å². The van der Waals surface area contributed by atoms with E-state index >= 15 is 0 Å². The lowest BCUT2D eigenvalue weighted by molar-refractivity contribution is 0.102. The van der Waals surface area contributed by atoms with Crippen molar-refractivity contribution < 1.29 is 4.79 Å². The van der Waals surface area contributed by atoms with Crippen LogP contribution in [0.2, 0.25) is 0 Å². The summed E-state index contributed by atoms with van der Waals surface area (Å²) in [5, 5.41) is 9.61. The summed E-state index contributed by atoms with van der Waals surface area (Å²) in [4.78, 5) is 23.0. The van der Waals surface area contributed by atoms with Crippen molar-refractivity contribution >= 4 is 23.2 Å². The second kappa shape index (κ2) is 6.16. The maximum atomic E-state index is 12.4. The molecule has 4 rings (SSSR count). The SMILES string of the molecule is C[C@H]1CCc2sc(C(=O)Nc3n[nH]c(-c4ccccn4)n3)cc2C1. The maximum Gasteiger partial charge on any atom is 0.268 e. The molecule has 7 heteroatoms. The molecule has 0 bridgehead atoms. The zero-order chi connectivity index (χ0) is 16.5. The highest BCUT2D eigenvalue weighted by Crippen LogP contribution is 2.32. The molecule has 1 amide bonds. The predicted octanol–water partition coefficient (Wildman–Crippen LogP) is 3.31. The molecule has 0 saturated carbocycles. The number of H-pyrrole nitrogens is 1. The van der Waals surface area contributed by atoms with Crippen molar-refractivity contribution in [1.82, 2.24) is 20.2 Å². The minimum absolute atomic E-state index is 0.159. The van der Waals surface area contributed by atoms with Gasteiger partial charge < -0.3 is 0 Å². The second-order valence-electron chi connectivity index (χ2n) is 6.08. The minimum Gasteiger partial charge on any atom is -0.288 e. The van der Waals surface area contributed by atoms with Crippen LogP contribution in [0.4, 0.5) is 5.95 Å². The van der Waals surface area contributed by atoms with Gasteiger partial charge in [-0.1, -0.05) is 13.0 Å². The van der Waals surface area contributed by atoms with Gasteiger partial charge >= 0.3 is 0 Å². The molecule has 3 aromatic heterocycles. The van der Waals surface area contributed by atoms with Gasteiger partial charge in [-0.25, -0.2) is 0 Å². The van der Waals surface area contributed by atoms with Crippen molar-refractivity contribution in [3.8, 4) is 11.5 Å². The summed E-state index contributed by atoms with van der Waals surface area (Å²) in [5.41, 5.74) is 2.00. The van der Waals surface area contributed by atoms with Gasteiger partial charge in [0.05, 0.1) is 4.88 Å². The van der Waals surface area contributed by atoms with E-state index in [-0.39, 0.29) is 11.9 Å². The molecule has 1 aliphatic carbocycles. The third kappa shape index (κ3) is 2.94. The molecule has 0 fully saturated rings. The molecule has 0 radical (unpaired) electrons. The van der Waals surface area contributed by atoms with Crippen molar-refractivity contribution in [2.75, 3.05) is 5.32 Å². The Bertz CT molecular complexity index is 870. The van der Waals surface area contributed by atoms with Gasteiger partial charge in [0.25, 0.3) is 5.91 Å². The number of fused-ring (bicyclic) bond motifs is 1. The highest BCUT2D eigenvalue weighted by atomic mass is 32.1. The summed E-state index contributed by atoms with van der Waals surface area (Å²) < 4.78 is 0. The quantitative estimate of drug-likeness (QED) is 0.767. The Kier molecular flexibility index (Phi) is 3.86. The van der Waals surface area contributed by atoms with Crippen molar-refractivity contribution in [2.45, 2.75) is 26.2 Å². The van der Waals surface area contributed by atoms with E-state index in [9.17, 15) is 4.79 Å². The molecule has 0 spiro atoms. The van der Waals surface area contributed by atoms with E-state index in [1.165, 1.54) is 16.9 Å². The molecule has 6 nitrogen and oxygen atoms in total. The number of aromatic nitrogens is 4. The van der Waals surface area contributed by atoms with Crippen molar-refractivity contribution in [3.05, 3.63) is 45.8 Å². The number of thiophene rings is 1. The van der Waals surface area contributed by atoms with E-state index in [0.717, 1.165) is 17.7 Å². The Morgan fingerprint density at radius 1 is 1.42 bits per heavy atom. The summed E-state index contributed by atoms with van der Waals surface area (Å²) in [6.07, 6.45) is 5.01. The summed E-state index contributed by atoms with van der Waals surface area (Å²) in [5.74, 6) is 1.33. The van der Waals surface area contributed by atoms with E-state index in [0.29, 0.717) is 17.4 Å². The Hall–Kier alpha value is -2.54. The summed E-state index contributed by atoms with van der Waals surface area (Å²) in [6, 6.07) is 7.56. The average molecular weight is 339 g/mol. The molecule has 0 unspecified atom stereocenters. The third-order valence-corrected chi connectivity index (χ3v) is 5.41. The fraction of sp³-hybridized carbons (Fsp3) is 0.294. The van der Waals surface area contributed by atoms with E-state index in [1.807, 2.05) is 24.3 Å². The monoisotopic (exact) mass is 339 g/mol. The van der Waals surface area contributed by atoms with Crippen LogP contribution in [0.25, 0.3) is 11.5 Å². The smallest absolute Gasteiger partial charge is 0.268 e. The number of aryl methyl sites for hydroxylation is 1. The lowest BCUT2D eigenvalue weighted by atomic mass is 9.90. The highest BCUT2D eigenvalue weighted by molar-refractivity contribution is 7.14. The van der Waals surface area contributed by atoms with Crippen LogP contribution >= 0.6 is 11.3 Å². The Labute approximate surface area is 143 Å². The van der Waals surface area contributed by atoms with Crippen LogP contribution in [0.5, 0.6) is 0 Å². The number of hydrogen-bond donors (Lipinski definition) is 2. The highest BCUT2D eigenvalue weighted by Gasteiger charge is 2.21. The molecule has 0 aliphatic heterocycles. The maximum absolute atomic E-state index is 12.4. The number of anilines is 1. The van der Waals surface area contributed by atoms with Gasteiger partial charge in [0.2, 0.25) is 5.95 Å². The predicted molar refractivity (Wildman–Crippen MR) is 93.1 cm³/mol. The van der Waals surface area contributed by atoms with Gasteiger partial charge in [-0.2, -0.15) is 4.98 Å². The third-order valence-electron chi connectivity index (χ3n) is 4.17. The second-order valence-corrected chi connectivity index (χ2v) is 7.22. The number of carbonyl (C=O) groups is 1. The Morgan fingerprint density at radius 2 is 2.33 bits per heavy atom. The van der Waals surface area contributed by atoms with Gasteiger partial charge in [-0.15, -0.1) is 16.4 Å². The number of hydrogen-bond acceptors (Lipinski definition) is 5. The number of rotatable bonds is 3. The van der Waals surface area contributed by atoms with Crippen molar-refractivity contribution in [1.29, 1.82) is 0 Å². The zero-order valence-electron chi connectivity index (χ0n) is 13.2. The molecule has 24 heavy (non-hydrogen) atoms. The Balaban J connectivity index is 1.50. The molecule has 0 aromatic carbocycles. The first-order chi connectivity index (χ1) is 11.7. The van der Waals surface area contributed by atoms with Crippen molar-refractivity contribution in [2.24, 2.45) is 5.92 Å². The number of pyridine rings is 1. The number of nitrogens with zero attached hydrogens (tertiary/aromatic N) is 3. The first-order valence-electron chi connectivity index (χ1n) is 7.96. The fourth-order valence-electron chi connectivity index (χ4n) is 2.92. The zero-order valence-corrected chi connectivity index (χ0v) is 14.1. The molecule has 1 atom stereocenters. The van der Waals surface area contributed by atoms with E-state index in [2.05, 4.69) is 32.4 Å². The minimum atomic E-state index is -0.159. The van der Waals surface area contributed by atoms with Gasteiger partial charge in [0, 0.05) is 11.1 Å². The lowest BCUT2D eigenvalue weighted by Crippen LogP contribution is -2.11. The van der Waals surface area contributed by atoms with Gasteiger partial charge in [0.15, 0.2) is 5.82 Å². The first kappa shape index (κ1) is 15.0. The summed E-state index contributed by atoms with van der Waals surface area (Å²) >= 11 is 1.58. The molecule has 3 heterocycles. The number of aromatic amines is 1. The Morgan fingerprint density at radius 3 is 3.17 bits per heavy atom. The standard InChI is InChI=1S/C17H17N5OS/c1-10-5-6-13-11(8-10)9-14(24-13)16(23)20-17-19-15(21-22-17)12-4-2-3-7-18-12/h2-4,7,9-10H,5-6,8H2,1H3,(H2,19,20,21,22,23)/t10-/m0/s1. The lowest BCUT2D eigenvalue weighted by Gasteiger charge is -2.16. The normalized spacial score (nSPS) is 16.6. The van der Waals surface area contributed by atoms with Gasteiger partial charge in [0.1, 0.15) is 5.69 Å². The number of amides is 1. The van der Waals surface area contributed by atoms with Crippen molar-refractivity contribution in [3.63, 3.8) is 0 Å². The van der Waals surface area contributed by atoms with E-state index < -0.39 is 0 Å². The number of carbonyl (C=O) groups excluding carboxylic acids is 1. The molecule has 1 aliphatic rings. The van der Waals surface area contributed by atoms with E-state index in [4.69, 9.17) is 0 Å². The molecular formula is C17H17N5OS.